The third kappa shape index (κ3) is 5.77. The molecule has 1 saturated heterocycles. The first-order chi connectivity index (χ1) is 18.1. The molecule has 1 fully saturated rings. The molecule has 15 heteroatoms. The number of nitrogens with zero attached hydrogens (tertiary/aromatic N) is 4. The molecular weight excluding hydrogens is 549 g/mol. The van der Waals surface area contributed by atoms with Crippen LogP contribution in [0.5, 0.6) is 0 Å². The van der Waals surface area contributed by atoms with Crippen molar-refractivity contribution in [2.75, 3.05) is 6.61 Å². The first kappa shape index (κ1) is 27.0. The fourth-order valence-corrected chi connectivity index (χ4v) is 4.91. The van der Waals surface area contributed by atoms with E-state index >= 15 is 0 Å². The standard InChI is InChI=1S/C22H18ClF3N6O2S.CO2/c1-22(10-34-21(33)30-22)9-15-16(14-4-6-32(31-14)20(25)26)17(12-3-2-11(24)8-13(12)23)29-18(28-15)19-27-5-7-35-19;2-1-3/h2-8,17,20H,9-10H2,1H3,(H,28,29)(H,30,33);/t17-,22-;/m0./s1. The van der Waals surface area contributed by atoms with Gasteiger partial charge in [-0.05, 0) is 25.1 Å². The largest absolute Gasteiger partial charge is 0.447 e. The number of alkyl halides is 2. The topological polar surface area (TPSA) is 128 Å². The van der Waals surface area contributed by atoms with Crippen LogP contribution in [-0.4, -0.2) is 45.0 Å². The Kier molecular flexibility index (Phi) is 7.95. The van der Waals surface area contributed by atoms with E-state index in [1.54, 1.807) is 18.5 Å². The van der Waals surface area contributed by atoms with Crippen molar-refractivity contribution in [1.29, 1.82) is 0 Å². The molecule has 0 saturated carbocycles. The second-order valence-electron chi connectivity index (χ2n) is 8.38. The fourth-order valence-electron chi connectivity index (χ4n) is 4.05. The third-order valence-electron chi connectivity index (χ3n) is 5.59. The van der Waals surface area contributed by atoms with Gasteiger partial charge in [0, 0.05) is 46.1 Å². The maximum Gasteiger partial charge on any atom is 0.407 e. The number of carbonyl (C=O) groups is 1. The number of nitrogens with one attached hydrogen (secondary N) is 2. The van der Waals surface area contributed by atoms with Crippen LogP contribution >= 0.6 is 22.9 Å². The van der Waals surface area contributed by atoms with Gasteiger partial charge >= 0.3 is 18.8 Å². The highest BCUT2D eigenvalue weighted by atomic mass is 35.5. The van der Waals surface area contributed by atoms with Crippen molar-refractivity contribution in [2.45, 2.75) is 31.5 Å². The van der Waals surface area contributed by atoms with Crippen molar-refractivity contribution in [3.8, 4) is 0 Å². The molecule has 4 heterocycles. The molecular formula is C23H18ClF3N6O4S. The molecule has 198 valence electrons. The number of ether oxygens (including phenoxy) is 1. The number of hydrogen-bond acceptors (Lipinski definition) is 9. The molecule has 0 radical (unpaired) electrons. The Bertz CT molecular complexity index is 1440. The molecule has 3 aromatic rings. The summed E-state index contributed by atoms with van der Waals surface area (Å²) in [6.45, 7) is -0.940. The minimum Gasteiger partial charge on any atom is -0.447 e. The van der Waals surface area contributed by atoms with E-state index in [2.05, 4.69) is 20.7 Å². The lowest BCUT2D eigenvalue weighted by molar-refractivity contribution is -0.191. The van der Waals surface area contributed by atoms with Crippen molar-refractivity contribution in [3.05, 3.63) is 74.8 Å². The van der Waals surface area contributed by atoms with Crippen molar-refractivity contribution in [3.63, 3.8) is 0 Å². The number of amides is 1. The molecule has 2 N–H and O–H groups in total. The monoisotopic (exact) mass is 566 g/mol. The summed E-state index contributed by atoms with van der Waals surface area (Å²) in [6, 6.07) is 4.55. The highest BCUT2D eigenvalue weighted by molar-refractivity contribution is 7.11. The van der Waals surface area contributed by atoms with Gasteiger partial charge in [-0.1, -0.05) is 17.7 Å². The third-order valence-corrected chi connectivity index (χ3v) is 6.70. The zero-order valence-corrected chi connectivity index (χ0v) is 21.0. The lowest BCUT2D eigenvalue weighted by Gasteiger charge is -2.31. The van der Waals surface area contributed by atoms with E-state index in [0.29, 0.717) is 32.4 Å². The number of rotatable bonds is 6. The molecule has 1 amide bonds. The van der Waals surface area contributed by atoms with E-state index in [1.807, 2.05) is 0 Å². The summed E-state index contributed by atoms with van der Waals surface area (Å²) < 4.78 is 46.2. The van der Waals surface area contributed by atoms with Crippen molar-refractivity contribution < 1.29 is 32.3 Å². The van der Waals surface area contributed by atoms with Crippen LogP contribution in [0.25, 0.3) is 5.57 Å². The Morgan fingerprint density at radius 2 is 2.11 bits per heavy atom. The Balaban J connectivity index is 0.00000107. The smallest absolute Gasteiger partial charge is 0.407 e. The maximum absolute atomic E-state index is 13.9. The van der Waals surface area contributed by atoms with Gasteiger partial charge in [-0.25, -0.2) is 18.9 Å². The zero-order valence-electron chi connectivity index (χ0n) is 19.5. The number of aromatic nitrogens is 3. The van der Waals surface area contributed by atoms with E-state index in [9.17, 15) is 18.0 Å². The summed E-state index contributed by atoms with van der Waals surface area (Å²) in [6.07, 6.45) is 2.71. The van der Waals surface area contributed by atoms with Crippen LogP contribution in [0.15, 0.2) is 52.7 Å². The normalized spacial score (nSPS) is 20.6. The summed E-state index contributed by atoms with van der Waals surface area (Å²) >= 11 is 7.77. The lowest BCUT2D eigenvalue weighted by atomic mass is 9.88. The average molecular weight is 567 g/mol. The molecule has 0 bridgehead atoms. The first-order valence-corrected chi connectivity index (χ1v) is 12.1. The number of cyclic esters (lactones) is 1. The van der Waals surface area contributed by atoms with Gasteiger partial charge in [0.25, 0.3) is 0 Å². The van der Waals surface area contributed by atoms with Crippen LogP contribution in [0.3, 0.4) is 0 Å². The molecule has 38 heavy (non-hydrogen) atoms. The van der Waals surface area contributed by atoms with Crippen LogP contribution in [-0.2, 0) is 14.3 Å². The Morgan fingerprint density at radius 3 is 2.68 bits per heavy atom. The molecule has 2 aliphatic rings. The number of amidine groups is 1. The molecule has 0 aliphatic carbocycles. The molecule has 2 atom stereocenters. The molecule has 0 spiro atoms. The Labute approximate surface area is 222 Å². The van der Waals surface area contributed by atoms with Gasteiger partial charge < -0.3 is 15.4 Å². The van der Waals surface area contributed by atoms with Gasteiger partial charge in [0.15, 0.2) is 10.8 Å². The number of hydrogen-bond donors (Lipinski definition) is 2. The average Bonchev–Trinajstić information content (AvgIpc) is 3.61. The highest BCUT2D eigenvalue weighted by Crippen LogP contribution is 2.42. The van der Waals surface area contributed by atoms with Gasteiger partial charge in [0.05, 0.1) is 11.2 Å². The molecule has 2 aromatic heterocycles. The second-order valence-corrected chi connectivity index (χ2v) is 9.68. The SMILES string of the molecule is C[C@]1(CC2=C(c3ccn(C(F)F)n3)[C@H](c3ccc(F)cc3Cl)N=C(c3nccs3)N2)COC(=O)N1.O=C=O. The van der Waals surface area contributed by atoms with E-state index in [-0.39, 0.29) is 29.9 Å². The van der Waals surface area contributed by atoms with E-state index in [0.717, 1.165) is 6.20 Å². The predicted molar refractivity (Wildman–Crippen MR) is 129 cm³/mol. The molecule has 10 nitrogen and oxygen atoms in total. The van der Waals surface area contributed by atoms with Gasteiger partial charge in [-0.3, -0.25) is 4.99 Å². The highest BCUT2D eigenvalue weighted by Gasteiger charge is 2.39. The number of thiazole rings is 1. The number of halogens is 4. The summed E-state index contributed by atoms with van der Waals surface area (Å²) in [5.74, 6) is -0.103. The van der Waals surface area contributed by atoms with E-state index in [4.69, 9.17) is 30.9 Å². The maximum atomic E-state index is 13.9. The minimum atomic E-state index is -2.84. The Morgan fingerprint density at radius 1 is 1.34 bits per heavy atom. The quantitative estimate of drug-likeness (QED) is 0.454. The minimum absolute atomic E-state index is 0.0987. The van der Waals surface area contributed by atoms with Crippen molar-refractivity contribution in [1.82, 2.24) is 25.4 Å². The van der Waals surface area contributed by atoms with Gasteiger partial charge in [-0.15, -0.1) is 11.3 Å². The number of alkyl carbamates (subject to hydrolysis) is 1. The van der Waals surface area contributed by atoms with E-state index < -0.39 is 30.0 Å². The Hall–Kier alpha value is -4.00. The number of benzene rings is 1. The van der Waals surface area contributed by atoms with Crippen molar-refractivity contribution >= 4 is 46.6 Å². The van der Waals surface area contributed by atoms with Gasteiger partial charge in [-0.2, -0.15) is 23.5 Å². The summed E-state index contributed by atoms with van der Waals surface area (Å²) in [5.41, 5.74) is 0.913. The van der Waals surface area contributed by atoms with Crippen LogP contribution < -0.4 is 10.6 Å². The van der Waals surface area contributed by atoms with Crippen LogP contribution in [0.1, 0.15) is 42.2 Å². The lowest BCUT2D eigenvalue weighted by Crippen LogP contribution is -2.43. The van der Waals surface area contributed by atoms with Gasteiger partial charge in [0.2, 0.25) is 0 Å². The molecule has 1 aromatic carbocycles. The molecule has 2 aliphatic heterocycles. The van der Waals surface area contributed by atoms with Crippen molar-refractivity contribution in [2.24, 2.45) is 4.99 Å². The van der Waals surface area contributed by atoms with E-state index in [1.165, 1.54) is 35.6 Å². The van der Waals surface area contributed by atoms with Crippen LogP contribution in [0.4, 0.5) is 18.0 Å². The van der Waals surface area contributed by atoms with Gasteiger partial charge in [0.1, 0.15) is 18.5 Å². The summed E-state index contributed by atoms with van der Waals surface area (Å²) in [5, 5.41) is 12.6. The molecule has 0 unspecified atom stereocenters. The molecule has 5 rings (SSSR count). The zero-order chi connectivity index (χ0) is 27.4. The van der Waals surface area contributed by atoms with Crippen LogP contribution in [0, 0.1) is 5.82 Å². The van der Waals surface area contributed by atoms with Crippen LogP contribution in [0.2, 0.25) is 5.02 Å². The predicted octanol–water partition coefficient (Wildman–Crippen LogP) is 4.33. The fraction of sp³-hybridized carbons (Fsp3) is 0.261. The number of aliphatic imine (C=N–C) groups is 1. The summed E-state index contributed by atoms with van der Waals surface area (Å²) in [7, 11) is 0. The second kappa shape index (κ2) is 11.2. The summed E-state index contributed by atoms with van der Waals surface area (Å²) in [4.78, 5) is 37.2. The number of carbonyl (C=O) groups excluding carboxylic acids is 3. The first-order valence-electron chi connectivity index (χ1n) is 10.8.